The van der Waals surface area contributed by atoms with Crippen LogP contribution in [0.5, 0.6) is 0 Å². The predicted octanol–water partition coefficient (Wildman–Crippen LogP) is 3.24. The largest absolute Gasteiger partial charge is 0.520 e. The van der Waals surface area contributed by atoms with Crippen LogP contribution in [-0.4, -0.2) is 29.2 Å². The summed E-state index contributed by atoms with van der Waals surface area (Å²) in [6.07, 6.45) is 0.467. The first-order valence-corrected chi connectivity index (χ1v) is 12.7. The average molecular weight is 262 g/mol. The topological polar surface area (TPSA) is 35.5 Å². The van der Waals surface area contributed by atoms with E-state index in [-0.39, 0.29) is 11.9 Å². The standard InChI is InChI=1S/C11H26O3Si2/c1-10(9-13-15(2,3)4)8-11(12)14-16(5,6)7/h10H,8-9H2,1-7H3. The van der Waals surface area contributed by atoms with Gasteiger partial charge in [0, 0.05) is 13.0 Å². The molecule has 0 rings (SSSR count). The second kappa shape index (κ2) is 5.98. The Balaban J connectivity index is 3.88. The van der Waals surface area contributed by atoms with Crippen LogP contribution in [0.2, 0.25) is 39.3 Å². The van der Waals surface area contributed by atoms with Gasteiger partial charge in [-0.15, -0.1) is 0 Å². The Labute approximate surface area is 102 Å². The lowest BCUT2D eigenvalue weighted by Crippen LogP contribution is -2.32. The second-order valence-corrected chi connectivity index (χ2v) is 15.3. The highest BCUT2D eigenvalue weighted by Gasteiger charge is 2.22. The fraction of sp³-hybridized carbons (Fsp3) is 0.909. The molecule has 0 spiro atoms. The number of rotatable bonds is 6. The van der Waals surface area contributed by atoms with E-state index >= 15 is 0 Å². The molecule has 0 aliphatic heterocycles. The van der Waals surface area contributed by atoms with Gasteiger partial charge in [-0.05, 0) is 45.2 Å². The minimum absolute atomic E-state index is 0.0779. The zero-order valence-corrected chi connectivity index (χ0v) is 13.7. The summed E-state index contributed by atoms with van der Waals surface area (Å²) in [4.78, 5) is 11.6. The second-order valence-electron chi connectivity index (χ2n) is 6.32. The van der Waals surface area contributed by atoms with Crippen LogP contribution in [-0.2, 0) is 13.6 Å². The summed E-state index contributed by atoms with van der Waals surface area (Å²) in [6.45, 7) is 15.2. The van der Waals surface area contributed by atoms with Crippen molar-refractivity contribution in [2.24, 2.45) is 5.92 Å². The van der Waals surface area contributed by atoms with Crippen LogP contribution in [0, 0.1) is 5.92 Å². The predicted molar refractivity (Wildman–Crippen MR) is 72.5 cm³/mol. The molecule has 0 N–H and O–H groups in total. The third-order valence-corrected chi connectivity index (χ3v) is 3.61. The van der Waals surface area contributed by atoms with Crippen molar-refractivity contribution in [3.8, 4) is 0 Å². The first-order chi connectivity index (χ1) is 6.99. The van der Waals surface area contributed by atoms with Gasteiger partial charge in [-0.2, -0.15) is 0 Å². The van der Waals surface area contributed by atoms with E-state index in [1.54, 1.807) is 0 Å². The highest BCUT2D eigenvalue weighted by molar-refractivity contribution is 6.71. The van der Waals surface area contributed by atoms with E-state index in [0.29, 0.717) is 13.0 Å². The Kier molecular flexibility index (Phi) is 5.93. The van der Waals surface area contributed by atoms with Crippen molar-refractivity contribution in [1.82, 2.24) is 0 Å². The van der Waals surface area contributed by atoms with Gasteiger partial charge >= 0.3 is 0 Å². The highest BCUT2D eigenvalue weighted by Crippen LogP contribution is 2.12. The molecule has 16 heavy (non-hydrogen) atoms. The lowest BCUT2D eigenvalue weighted by Gasteiger charge is -2.22. The fourth-order valence-corrected chi connectivity index (χ4v) is 2.67. The highest BCUT2D eigenvalue weighted by atomic mass is 28.4. The summed E-state index contributed by atoms with van der Waals surface area (Å²) in [5.74, 6) is 0.168. The lowest BCUT2D eigenvalue weighted by atomic mass is 10.1. The summed E-state index contributed by atoms with van der Waals surface area (Å²) in [5, 5.41) is 0. The molecule has 0 fully saturated rings. The Bertz CT molecular complexity index is 228. The van der Waals surface area contributed by atoms with Gasteiger partial charge in [0.15, 0.2) is 8.32 Å². The van der Waals surface area contributed by atoms with Crippen LogP contribution in [0.15, 0.2) is 0 Å². The van der Waals surface area contributed by atoms with Crippen molar-refractivity contribution in [2.45, 2.75) is 52.6 Å². The third kappa shape index (κ3) is 10.4. The minimum Gasteiger partial charge on any atom is -0.520 e. The van der Waals surface area contributed by atoms with Gasteiger partial charge in [-0.25, -0.2) is 0 Å². The number of carbonyl (C=O) groups is 1. The smallest absolute Gasteiger partial charge is 0.292 e. The van der Waals surface area contributed by atoms with Crippen molar-refractivity contribution in [1.29, 1.82) is 0 Å². The Morgan fingerprint density at radius 2 is 1.56 bits per heavy atom. The van der Waals surface area contributed by atoms with Crippen molar-refractivity contribution in [3.05, 3.63) is 0 Å². The zero-order valence-electron chi connectivity index (χ0n) is 11.7. The number of carbonyl (C=O) groups excluding carboxylic acids is 1. The van der Waals surface area contributed by atoms with Crippen molar-refractivity contribution in [3.63, 3.8) is 0 Å². The summed E-state index contributed by atoms with van der Waals surface area (Å²) in [6, 6.07) is 0. The zero-order chi connectivity index (χ0) is 13.0. The molecule has 0 heterocycles. The molecule has 0 aliphatic carbocycles. The number of hydrogen-bond donors (Lipinski definition) is 0. The van der Waals surface area contributed by atoms with Crippen LogP contribution in [0.4, 0.5) is 0 Å². The van der Waals surface area contributed by atoms with E-state index in [2.05, 4.69) is 19.6 Å². The summed E-state index contributed by atoms with van der Waals surface area (Å²) >= 11 is 0. The SMILES string of the molecule is CC(CO[Si](C)(C)C)CC(=O)O[Si](C)(C)C. The summed E-state index contributed by atoms with van der Waals surface area (Å²) < 4.78 is 11.2. The van der Waals surface area contributed by atoms with E-state index in [9.17, 15) is 4.79 Å². The molecule has 0 bridgehead atoms. The molecular formula is C11H26O3Si2. The molecule has 5 heteroatoms. The van der Waals surface area contributed by atoms with Crippen LogP contribution < -0.4 is 0 Å². The van der Waals surface area contributed by atoms with Crippen LogP contribution >= 0.6 is 0 Å². The Morgan fingerprint density at radius 3 is 1.94 bits per heavy atom. The Morgan fingerprint density at radius 1 is 1.06 bits per heavy atom. The fourth-order valence-electron chi connectivity index (χ4n) is 1.12. The first-order valence-electron chi connectivity index (χ1n) is 5.85. The van der Waals surface area contributed by atoms with E-state index in [1.807, 2.05) is 26.6 Å². The van der Waals surface area contributed by atoms with Gasteiger partial charge in [0.2, 0.25) is 8.32 Å². The quantitative estimate of drug-likeness (QED) is 0.689. The minimum atomic E-state index is -1.73. The molecular weight excluding hydrogens is 236 g/mol. The molecule has 0 aromatic rings. The maximum absolute atomic E-state index is 11.6. The monoisotopic (exact) mass is 262 g/mol. The van der Waals surface area contributed by atoms with Crippen molar-refractivity contribution in [2.75, 3.05) is 6.61 Å². The van der Waals surface area contributed by atoms with Crippen LogP contribution in [0.1, 0.15) is 13.3 Å². The molecule has 3 nitrogen and oxygen atoms in total. The molecule has 0 amide bonds. The van der Waals surface area contributed by atoms with Crippen LogP contribution in [0.3, 0.4) is 0 Å². The lowest BCUT2D eigenvalue weighted by molar-refractivity contribution is -0.136. The molecule has 0 aromatic heterocycles. The van der Waals surface area contributed by atoms with E-state index in [4.69, 9.17) is 8.85 Å². The summed E-state index contributed by atoms with van der Waals surface area (Å²) in [5.41, 5.74) is 0. The van der Waals surface area contributed by atoms with Crippen molar-refractivity contribution >= 4 is 22.6 Å². The van der Waals surface area contributed by atoms with Gasteiger partial charge < -0.3 is 8.85 Å². The average Bonchev–Trinajstić information content (AvgIpc) is 1.95. The van der Waals surface area contributed by atoms with E-state index in [0.717, 1.165) is 0 Å². The molecule has 0 aromatic carbocycles. The van der Waals surface area contributed by atoms with Gasteiger partial charge in [0.05, 0.1) is 0 Å². The molecule has 0 aliphatic rings. The van der Waals surface area contributed by atoms with Gasteiger partial charge in [0.25, 0.3) is 5.97 Å². The van der Waals surface area contributed by atoms with Gasteiger partial charge in [0.1, 0.15) is 0 Å². The maximum atomic E-state index is 11.6. The molecule has 96 valence electrons. The summed E-state index contributed by atoms with van der Waals surface area (Å²) in [7, 11) is -3.19. The first kappa shape index (κ1) is 15.9. The molecule has 1 atom stereocenters. The Hall–Kier alpha value is -0.136. The van der Waals surface area contributed by atoms with E-state index < -0.39 is 16.6 Å². The molecule has 0 saturated heterocycles. The maximum Gasteiger partial charge on any atom is 0.292 e. The molecule has 0 radical (unpaired) electrons. The van der Waals surface area contributed by atoms with Gasteiger partial charge in [-0.3, -0.25) is 4.79 Å². The van der Waals surface area contributed by atoms with Crippen LogP contribution in [0.25, 0.3) is 0 Å². The van der Waals surface area contributed by atoms with E-state index in [1.165, 1.54) is 0 Å². The normalized spacial score (nSPS) is 14.7. The molecule has 0 saturated carbocycles. The number of hydrogen-bond acceptors (Lipinski definition) is 3. The van der Waals surface area contributed by atoms with Gasteiger partial charge in [-0.1, -0.05) is 6.92 Å². The van der Waals surface area contributed by atoms with Crippen molar-refractivity contribution < 1.29 is 13.6 Å². The molecule has 1 unspecified atom stereocenters. The third-order valence-electron chi connectivity index (χ3n) is 1.74.